The number of methoxy groups -OCH3 is 1. The summed E-state index contributed by atoms with van der Waals surface area (Å²) in [6.07, 6.45) is 0.948. The Balaban J connectivity index is 1.62. The number of piperazine rings is 1. The molecule has 0 aromatic heterocycles. The molecule has 0 aliphatic carbocycles. The highest BCUT2D eigenvalue weighted by atomic mass is 16.6. The van der Waals surface area contributed by atoms with Crippen LogP contribution in [0.1, 0.15) is 24.8 Å². The van der Waals surface area contributed by atoms with Crippen LogP contribution in [0.2, 0.25) is 0 Å². The highest BCUT2D eigenvalue weighted by molar-refractivity contribution is 5.77. The maximum atomic E-state index is 12.4. The maximum absolute atomic E-state index is 12.4. The summed E-state index contributed by atoms with van der Waals surface area (Å²) >= 11 is 0. The van der Waals surface area contributed by atoms with Crippen LogP contribution in [0.25, 0.3) is 0 Å². The number of ether oxygens (including phenoxy) is 3. The number of nitrogens with zero attached hydrogens (tertiary/aromatic N) is 1. The predicted octanol–water partition coefficient (Wildman–Crippen LogP) is 0.890. The second-order valence-electron chi connectivity index (χ2n) is 6.61. The molecule has 1 unspecified atom stereocenters. The molecule has 1 N–H and O–H groups in total. The largest absolute Gasteiger partial charge is 0.462 e. The number of carbonyl (C=O) groups is 3. The summed E-state index contributed by atoms with van der Waals surface area (Å²) in [7, 11) is 1.43. The van der Waals surface area contributed by atoms with Gasteiger partial charge in [-0.05, 0) is 12.0 Å². The molecule has 1 aliphatic rings. The predicted molar refractivity (Wildman–Crippen MR) is 101 cm³/mol. The zero-order chi connectivity index (χ0) is 20.2. The highest BCUT2D eigenvalue weighted by Crippen LogP contribution is 2.08. The number of hydrogen-bond acceptors (Lipinski definition) is 7. The van der Waals surface area contributed by atoms with Crippen LogP contribution < -0.4 is 5.32 Å². The van der Waals surface area contributed by atoms with E-state index in [2.05, 4.69) is 5.32 Å². The van der Waals surface area contributed by atoms with Crippen LogP contribution in [0.4, 0.5) is 0 Å². The molecule has 1 aromatic rings. The van der Waals surface area contributed by atoms with Gasteiger partial charge in [-0.1, -0.05) is 30.3 Å². The van der Waals surface area contributed by atoms with E-state index >= 15 is 0 Å². The third-order valence-electron chi connectivity index (χ3n) is 4.33. The first-order valence-electron chi connectivity index (χ1n) is 9.43. The van der Waals surface area contributed by atoms with Gasteiger partial charge in [0.05, 0.1) is 6.04 Å². The Labute approximate surface area is 165 Å². The summed E-state index contributed by atoms with van der Waals surface area (Å²) in [6, 6.07) is 9.37. The van der Waals surface area contributed by atoms with Gasteiger partial charge in [0, 0.05) is 39.6 Å². The van der Waals surface area contributed by atoms with Crippen molar-refractivity contribution in [2.75, 3.05) is 40.0 Å². The molecular formula is C20H28N2O6. The van der Waals surface area contributed by atoms with Crippen molar-refractivity contribution in [3.63, 3.8) is 0 Å². The normalized spacial score (nSPS) is 16.5. The molecule has 0 spiro atoms. The molecule has 8 heteroatoms. The summed E-state index contributed by atoms with van der Waals surface area (Å²) in [5, 5.41) is 3.22. The molecule has 1 heterocycles. The topological polar surface area (TPSA) is 94.2 Å². The van der Waals surface area contributed by atoms with E-state index in [4.69, 9.17) is 14.2 Å². The summed E-state index contributed by atoms with van der Waals surface area (Å²) < 4.78 is 15.0. The Bertz CT molecular complexity index is 637. The van der Waals surface area contributed by atoms with E-state index in [9.17, 15) is 14.4 Å². The average Bonchev–Trinajstić information content (AvgIpc) is 2.72. The standard InChI is InChI=1S/C20H28N2O6/c1-26-15-20(25)28-14-17-12-22(11-10-21-17)18(23)8-5-9-19(24)27-13-16-6-3-2-4-7-16/h2-4,6-7,17,21H,5,8-15H2,1H3. The minimum absolute atomic E-state index is 0.00872. The zero-order valence-corrected chi connectivity index (χ0v) is 16.2. The van der Waals surface area contributed by atoms with Gasteiger partial charge in [0.2, 0.25) is 5.91 Å². The van der Waals surface area contributed by atoms with E-state index in [1.807, 2.05) is 30.3 Å². The first-order chi connectivity index (χ1) is 13.6. The fourth-order valence-electron chi connectivity index (χ4n) is 2.87. The van der Waals surface area contributed by atoms with E-state index < -0.39 is 5.97 Å². The molecule has 154 valence electrons. The molecule has 0 saturated carbocycles. The number of nitrogens with one attached hydrogen (secondary N) is 1. The van der Waals surface area contributed by atoms with E-state index in [0.717, 1.165) is 5.56 Å². The first kappa shape index (κ1) is 21.8. The monoisotopic (exact) mass is 392 g/mol. The van der Waals surface area contributed by atoms with Crippen LogP contribution in [-0.2, 0) is 35.2 Å². The fourth-order valence-corrected chi connectivity index (χ4v) is 2.87. The van der Waals surface area contributed by atoms with Crippen LogP contribution in [0.15, 0.2) is 30.3 Å². The molecule has 1 fully saturated rings. The van der Waals surface area contributed by atoms with Crippen molar-refractivity contribution in [2.45, 2.75) is 31.9 Å². The maximum Gasteiger partial charge on any atom is 0.332 e. The molecule has 2 rings (SSSR count). The van der Waals surface area contributed by atoms with Crippen LogP contribution >= 0.6 is 0 Å². The quantitative estimate of drug-likeness (QED) is 0.591. The Hall–Kier alpha value is -2.45. The number of benzene rings is 1. The minimum Gasteiger partial charge on any atom is -0.462 e. The van der Waals surface area contributed by atoms with E-state index in [1.54, 1.807) is 4.90 Å². The van der Waals surface area contributed by atoms with Crippen molar-refractivity contribution in [2.24, 2.45) is 0 Å². The zero-order valence-electron chi connectivity index (χ0n) is 16.2. The fraction of sp³-hybridized carbons (Fsp3) is 0.550. The lowest BCUT2D eigenvalue weighted by atomic mass is 10.1. The Morgan fingerprint density at radius 3 is 2.64 bits per heavy atom. The van der Waals surface area contributed by atoms with E-state index in [0.29, 0.717) is 26.1 Å². The number of carbonyl (C=O) groups excluding carboxylic acids is 3. The van der Waals surface area contributed by atoms with Crippen molar-refractivity contribution in [3.05, 3.63) is 35.9 Å². The second-order valence-corrected chi connectivity index (χ2v) is 6.61. The van der Waals surface area contributed by atoms with Crippen molar-refractivity contribution >= 4 is 17.8 Å². The molecule has 1 amide bonds. The molecule has 28 heavy (non-hydrogen) atoms. The molecule has 1 aliphatic heterocycles. The highest BCUT2D eigenvalue weighted by Gasteiger charge is 2.24. The summed E-state index contributed by atoms with van der Waals surface area (Å²) in [4.78, 5) is 37.3. The average molecular weight is 392 g/mol. The molecular weight excluding hydrogens is 364 g/mol. The third kappa shape index (κ3) is 8.06. The van der Waals surface area contributed by atoms with Gasteiger partial charge in [-0.2, -0.15) is 0 Å². The van der Waals surface area contributed by atoms with Gasteiger partial charge in [0.15, 0.2) is 0 Å². The number of hydrogen-bond donors (Lipinski definition) is 1. The number of rotatable bonds is 10. The number of esters is 2. The Morgan fingerprint density at radius 1 is 1.11 bits per heavy atom. The molecule has 1 atom stereocenters. The SMILES string of the molecule is COCC(=O)OCC1CN(C(=O)CCCC(=O)OCc2ccccc2)CCN1. The van der Waals surface area contributed by atoms with Crippen molar-refractivity contribution in [3.8, 4) is 0 Å². The minimum atomic E-state index is -0.429. The molecule has 1 aromatic carbocycles. The van der Waals surface area contributed by atoms with Crippen LogP contribution in [0.5, 0.6) is 0 Å². The number of amides is 1. The second kappa shape index (κ2) is 12.1. The van der Waals surface area contributed by atoms with Gasteiger partial charge < -0.3 is 24.4 Å². The van der Waals surface area contributed by atoms with Crippen LogP contribution in [0.3, 0.4) is 0 Å². The van der Waals surface area contributed by atoms with Crippen molar-refractivity contribution in [1.29, 1.82) is 0 Å². The van der Waals surface area contributed by atoms with Crippen molar-refractivity contribution < 1.29 is 28.6 Å². The van der Waals surface area contributed by atoms with Gasteiger partial charge in [-0.25, -0.2) is 4.79 Å². The third-order valence-corrected chi connectivity index (χ3v) is 4.33. The van der Waals surface area contributed by atoms with Gasteiger partial charge >= 0.3 is 11.9 Å². The molecule has 0 radical (unpaired) electrons. The summed E-state index contributed by atoms with van der Waals surface area (Å²) in [6.45, 7) is 2.05. The lowest BCUT2D eigenvalue weighted by Crippen LogP contribution is -2.54. The Kier molecular flexibility index (Phi) is 9.44. The molecule has 1 saturated heterocycles. The molecule has 8 nitrogen and oxygen atoms in total. The molecule has 0 bridgehead atoms. The van der Waals surface area contributed by atoms with Gasteiger partial charge in [-0.3, -0.25) is 9.59 Å². The smallest absolute Gasteiger partial charge is 0.332 e. The van der Waals surface area contributed by atoms with Crippen LogP contribution in [-0.4, -0.2) is 68.7 Å². The Morgan fingerprint density at radius 2 is 1.89 bits per heavy atom. The lowest BCUT2D eigenvalue weighted by Gasteiger charge is -2.33. The van der Waals surface area contributed by atoms with Gasteiger partial charge in [0.25, 0.3) is 0 Å². The van der Waals surface area contributed by atoms with Crippen LogP contribution in [0, 0.1) is 0 Å². The van der Waals surface area contributed by atoms with Gasteiger partial charge in [0.1, 0.15) is 19.8 Å². The lowest BCUT2D eigenvalue weighted by molar-refractivity contribution is -0.149. The van der Waals surface area contributed by atoms with Gasteiger partial charge in [-0.15, -0.1) is 0 Å². The van der Waals surface area contributed by atoms with E-state index in [1.165, 1.54) is 7.11 Å². The summed E-state index contributed by atoms with van der Waals surface area (Å²) in [5.41, 5.74) is 0.935. The van der Waals surface area contributed by atoms with Crippen molar-refractivity contribution in [1.82, 2.24) is 10.2 Å². The first-order valence-corrected chi connectivity index (χ1v) is 9.43. The van der Waals surface area contributed by atoms with E-state index in [-0.39, 0.29) is 50.6 Å². The summed E-state index contributed by atoms with van der Waals surface area (Å²) in [5.74, 6) is -0.743.